The van der Waals surface area contributed by atoms with Crippen LogP contribution in [0.3, 0.4) is 0 Å². The van der Waals surface area contributed by atoms with Gasteiger partial charge >= 0.3 is 5.97 Å². The van der Waals surface area contributed by atoms with Crippen molar-refractivity contribution >= 4 is 11.9 Å². The summed E-state index contributed by atoms with van der Waals surface area (Å²) in [5, 5.41) is 23.5. The molecule has 0 aliphatic heterocycles. The molecule has 0 aromatic heterocycles. The van der Waals surface area contributed by atoms with Gasteiger partial charge in [0.15, 0.2) is 0 Å². The quantitative estimate of drug-likeness (QED) is 0.0320. The lowest BCUT2D eigenvalue weighted by molar-refractivity contribution is -0.143. The van der Waals surface area contributed by atoms with Gasteiger partial charge in [0.25, 0.3) is 0 Å². The number of allylic oxidation sites excluding steroid dienone is 2. The second-order valence-corrected chi connectivity index (χ2v) is 28.5. The molecule has 0 aromatic rings. The topological polar surface area (TPSA) is 95.9 Å². The molecular weight excluding hydrogens is 1080 g/mol. The third-order valence-electron chi connectivity index (χ3n) is 19.6. The molecule has 0 heterocycles. The van der Waals surface area contributed by atoms with Gasteiger partial charge < -0.3 is 20.3 Å². The molecule has 0 rings (SSSR count). The summed E-state index contributed by atoms with van der Waals surface area (Å²) in [6.45, 7) is 5.02. The maximum absolute atomic E-state index is 12.6. The average molecular weight is 1240 g/mol. The van der Waals surface area contributed by atoms with Crippen LogP contribution in [-0.2, 0) is 14.3 Å². The molecule has 6 nitrogen and oxygen atoms in total. The Morgan fingerprint density at radius 1 is 0.307 bits per heavy atom. The van der Waals surface area contributed by atoms with Crippen LogP contribution >= 0.6 is 0 Å². The van der Waals surface area contributed by atoms with E-state index in [4.69, 9.17) is 4.74 Å². The number of ether oxygens (including phenoxy) is 1. The van der Waals surface area contributed by atoms with E-state index in [-0.39, 0.29) is 18.5 Å². The molecule has 0 saturated carbocycles. The molecule has 2 atom stereocenters. The molecule has 88 heavy (non-hydrogen) atoms. The minimum absolute atomic E-state index is 0.0222. The Bertz CT molecular complexity index is 1340. The molecule has 2 unspecified atom stereocenters. The third-order valence-corrected chi connectivity index (χ3v) is 19.6. The van der Waals surface area contributed by atoms with E-state index in [1.54, 1.807) is 0 Å². The number of rotatable bonds is 78. The smallest absolute Gasteiger partial charge is 0.305 e. The Labute approximate surface area is 552 Å². The van der Waals surface area contributed by atoms with Gasteiger partial charge in [0, 0.05) is 12.8 Å². The van der Waals surface area contributed by atoms with Gasteiger partial charge in [-0.25, -0.2) is 0 Å². The van der Waals surface area contributed by atoms with Crippen LogP contribution in [0.4, 0.5) is 0 Å². The van der Waals surface area contributed by atoms with Gasteiger partial charge in [-0.2, -0.15) is 0 Å². The molecule has 0 saturated heterocycles. The first-order chi connectivity index (χ1) is 43.5. The number of carbonyl (C=O) groups is 2. The van der Waals surface area contributed by atoms with Crippen molar-refractivity contribution in [2.45, 2.75) is 488 Å². The maximum Gasteiger partial charge on any atom is 0.305 e. The van der Waals surface area contributed by atoms with Crippen molar-refractivity contribution in [3.63, 3.8) is 0 Å². The first-order valence-corrected chi connectivity index (χ1v) is 40.9. The third kappa shape index (κ3) is 73.6. The monoisotopic (exact) mass is 1240 g/mol. The second-order valence-electron chi connectivity index (χ2n) is 28.5. The minimum atomic E-state index is -0.665. The molecule has 524 valence electrons. The highest BCUT2D eigenvalue weighted by Crippen LogP contribution is 2.21. The molecule has 0 aromatic carbocycles. The number of amides is 1. The van der Waals surface area contributed by atoms with Crippen LogP contribution in [0.25, 0.3) is 0 Å². The maximum atomic E-state index is 12.6. The summed E-state index contributed by atoms with van der Waals surface area (Å²) in [6.07, 6.45) is 98.8. The highest BCUT2D eigenvalue weighted by atomic mass is 16.5. The lowest BCUT2D eigenvalue weighted by Gasteiger charge is -2.22. The van der Waals surface area contributed by atoms with Crippen molar-refractivity contribution < 1.29 is 24.5 Å². The summed E-state index contributed by atoms with van der Waals surface area (Å²) in [5.74, 6) is -0.00642. The average Bonchev–Trinajstić information content (AvgIpc) is 3.56. The van der Waals surface area contributed by atoms with Crippen LogP contribution < -0.4 is 5.32 Å². The van der Waals surface area contributed by atoms with E-state index in [0.29, 0.717) is 25.9 Å². The van der Waals surface area contributed by atoms with E-state index >= 15 is 0 Å². The summed E-state index contributed by atoms with van der Waals surface area (Å²) in [6, 6.07) is -0.543. The van der Waals surface area contributed by atoms with Crippen molar-refractivity contribution in [1.29, 1.82) is 0 Å². The van der Waals surface area contributed by atoms with Crippen molar-refractivity contribution in [2.24, 2.45) is 0 Å². The lowest BCUT2D eigenvalue weighted by atomic mass is 10.0. The molecule has 1 amide bonds. The summed E-state index contributed by atoms with van der Waals surface area (Å²) in [7, 11) is 0. The van der Waals surface area contributed by atoms with Crippen molar-refractivity contribution in [2.75, 3.05) is 13.2 Å². The van der Waals surface area contributed by atoms with Crippen LogP contribution in [0.2, 0.25) is 0 Å². The predicted octanol–water partition coefficient (Wildman–Crippen LogP) is 27.1. The van der Waals surface area contributed by atoms with Crippen molar-refractivity contribution in [3.8, 4) is 0 Å². The molecule has 0 fully saturated rings. The van der Waals surface area contributed by atoms with Crippen molar-refractivity contribution in [3.05, 3.63) is 12.2 Å². The molecule has 0 spiro atoms. The van der Waals surface area contributed by atoms with Crippen LogP contribution in [-0.4, -0.2) is 47.4 Å². The summed E-state index contributed by atoms with van der Waals surface area (Å²) in [4.78, 5) is 24.7. The van der Waals surface area contributed by atoms with Crippen LogP contribution in [0.1, 0.15) is 476 Å². The van der Waals surface area contributed by atoms with Crippen LogP contribution in [0, 0.1) is 0 Å². The summed E-state index contributed by atoms with van der Waals surface area (Å²) >= 11 is 0. The Kier molecular flexibility index (Phi) is 76.8. The number of hydrogen-bond donors (Lipinski definition) is 3. The number of esters is 1. The minimum Gasteiger partial charge on any atom is -0.466 e. The zero-order valence-corrected chi connectivity index (χ0v) is 60.3. The fourth-order valence-corrected chi connectivity index (χ4v) is 13.3. The first-order valence-electron chi connectivity index (χ1n) is 40.9. The predicted molar refractivity (Wildman–Crippen MR) is 389 cm³/mol. The van der Waals surface area contributed by atoms with Gasteiger partial charge in [0.05, 0.1) is 25.4 Å². The SMILES string of the molecule is CCCCCCCCCCCCCCCCCCCCCCCCCCC(O)C(CO)NC(=O)CCCCCCCCCCCCCC/C=C\CCCCCCCCCCCCCCOC(=O)CCCCCCCCCCCCCCCCCCCCC. The highest BCUT2D eigenvalue weighted by molar-refractivity contribution is 5.76. The van der Waals surface area contributed by atoms with Gasteiger partial charge in [-0.05, 0) is 51.4 Å². The number of unbranched alkanes of at least 4 members (excludes halogenated alkanes) is 65. The number of hydrogen-bond acceptors (Lipinski definition) is 5. The number of nitrogens with one attached hydrogen (secondary N) is 1. The molecule has 0 aliphatic carbocycles. The molecule has 0 aliphatic rings. The van der Waals surface area contributed by atoms with E-state index in [1.165, 1.54) is 405 Å². The Morgan fingerprint density at radius 3 is 0.807 bits per heavy atom. The van der Waals surface area contributed by atoms with Gasteiger partial charge in [0.2, 0.25) is 5.91 Å². The fourth-order valence-electron chi connectivity index (χ4n) is 13.3. The number of aliphatic hydroxyl groups excluding tert-OH is 2. The second kappa shape index (κ2) is 78.0. The van der Waals surface area contributed by atoms with Gasteiger partial charge in [-0.1, -0.05) is 424 Å². The standard InChI is InChI=1S/C82H161NO5/c1-3-5-7-9-11-13-15-17-19-21-23-24-25-32-35-39-42-46-50-54-58-62-66-70-74-80(85)79(78-84)83-81(86)75-71-67-63-59-55-51-47-43-40-36-33-30-28-26-27-29-31-34-37-41-45-49-53-57-61-65-69-73-77-88-82(87)76-72-68-64-60-56-52-48-44-38-22-20-18-16-14-12-10-8-6-4-2/h26-27,79-80,84-85H,3-25,28-78H2,1-2H3,(H,83,86)/b27-26-. The first kappa shape index (κ1) is 86.6. The van der Waals surface area contributed by atoms with E-state index in [2.05, 4.69) is 31.3 Å². The normalized spacial score (nSPS) is 12.5. The molecule has 3 N–H and O–H groups in total. The fraction of sp³-hybridized carbons (Fsp3) is 0.951. The Morgan fingerprint density at radius 2 is 0.534 bits per heavy atom. The van der Waals surface area contributed by atoms with Gasteiger partial charge in [0.1, 0.15) is 0 Å². The molecule has 6 heteroatoms. The van der Waals surface area contributed by atoms with E-state index in [9.17, 15) is 19.8 Å². The van der Waals surface area contributed by atoms with Gasteiger partial charge in [-0.3, -0.25) is 9.59 Å². The molecule has 0 bridgehead atoms. The van der Waals surface area contributed by atoms with E-state index in [0.717, 1.165) is 38.5 Å². The largest absolute Gasteiger partial charge is 0.466 e. The summed E-state index contributed by atoms with van der Waals surface area (Å²) < 4.78 is 5.52. The zero-order valence-electron chi connectivity index (χ0n) is 60.3. The Hall–Kier alpha value is -1.40. The van der Waals surface area contributed by atoms with Crippen LogP contribution in [0.15, 0.2) is 12.2 Å². The molecule has 0 radical (unpaired) electrons. The zero-order chi connectivity index (χ0) is 63.5. The summed E-state index contributed by atoms with van der Waals surface area (Å²) in [5.41, 5.74) is 0. The van der Waals surface area contributed by atoms with Crippen LogP contribution in [0.5, 0.6) is 0 Å². The van der Waals surface area contributed by atoms with Gasteiger partial charge in [-0.15, -0.1) is 0 Å². The van der Waals surface area contributed by atoms with Crippen molar-refractivity contribution in [1.82, 2.24) is 5.32 Å². The molecular formula is C82H161NO5. The Balaban J connectivity index is 3.36. The van der Waals surface area contributed by atoms with E-state index < -0.39 is 12.1 Å². The number of carbonyl (C=O) groups excluding carboxylic acids is 2. The van der Waals surface area contributed by atoms with E-state index in [1.807, 2.05) is 0 Å². The number of aliphatic hydroxyl groups is 2. The lowest BCUT2D eigenvalue weighted by Crippen LogP contribution is -2.45. The highest BCUT2D eigenvalue weighted by Gasteiger charge is 2.20.